The molecule has 0 spiro atoms. The monoisotopic (exact) mass is 276 g/mol. The fourth-order valence-electron chi connectivity index (χ4n) is 1.87. The molecule has 16 heavy (non-hydrogen) atoms. The van der Waals surface area contributed by atoms with E-state index in [-0.39, 0.29) is 17.1 Å². The van der Waals surface area contributed by atoms with Gasteiger partial charge in [0.1, 0.15) is 0 Å². The van der Waals surface area contributed by atoms with Crippen LogP contribution >= 0.6 is 34.8 Å². The molecule has 0 saturated heterocycles. The van der Waals surface area contributed by atoms with Gasteiger partial charge in [-0.3, -0.25) is 4.79 Å². The first-order valence-corrected chi connectivity index (χ1v) is 6.15. The van der Waals surface area contributed by atoms with E-state index >= 15 is 0 Å². The summed E-state index contributed by atoms with van der Waals surface area (Å²) in [4.78, 5) is 12.2. The van der Waals surface area contributed by atoms with Crippen LogP contribution in [0.4, 0.5) is 0 Å². The maximum absolute atomic E-state index is 12.2. The lowest BCUT2D eigenvalue weighted by Gasteiger charge is -2.08. The molecule has 0 radical (unpaired) electrons. The fourth-order valence-corrected chi connectivity index (χ4v) is 2.87. The van der Waals surface area contributed by atoms with E-state index in [1.54, 1.807) is 12.1 Å². The second-order valence-corrected chi connectivity index (χ2v) is 6.10. The highest BCUT2D eigenvalue weighted by Crippen LogP contribution is 2.54. The van der Waals surface area contributed by atoms with Crippen LogP contribution in [0.15, 0.2) is 12.1 Å². The van der Waals surface area contributed by atoms with E-state index in [2.05, 4.69) is 13.8 Å². The Morgan fingerprint density at radius 3 is 2.06 bits per heavy atom. The topological polar surface area (TPSA) is 17.1 Å². The van der Waals surface area contributed by atoms with E-state index in [0.29, 0.717) is 20.6 Å². The molecule has 1 atom stereocenters. The van der Waals surface area contributed by atoms with Gasteiger partial charge in [-0.2, -0.15) is 0 Å². The molecule has 86 valence electrons. The van der Waals surface area contributed by atoms with Gasteiger partial charge in [0.15, 0.2) is 5.78 Å². The van der Waals surface area contributed by atoms with Crippen LogP contribution < -0.4 is 0 Å². The lowest BCUT2D eigenvalue weighted by atomic mass is 10.0. The standard InChI is InChI=1S/C12H11Cl3O/c1-12(2)5-7(12)11(16)10-8(14)3-6(13)4-9(10)15/h3-4,7H,5H2,1-2H3. The molecule has 1 saturated carbocycles. The minimum absolute atomic E-state index is 0.0247. The molecule has 1 nitrogen and oxygen atoms in total. The minimum Gasteiger partial charge on any atom is -0.294 e. The van der Waals surface area contributed by atoms with Gasteiger partial charge in [-0.1, -0.05) is 48.7 Å². The maximum Gasteiger partial charge on any atom is 0.169 e. The van der Waals surface area contributed by atoms with Gasteiger partial charge in [0.2, 0.25) is 0 Å². The van der Waals surface area contributed by atoms with Crippen molar-refractivity contribution in [2.24, 2.45) is 11.3 Å². The van der Waals surface area contributed by atoms with E-state index in [1.165, 1.54) is 0 Å². The Morgan fingerprint density at radius 1 is 1.25 bits per heavy atom. The normalized spacial score (nSPS) is 21.9. The number of rotatable bonds is 2. The van der Waals surface area contributed by atoms with Crippen molar-refractivity contribution in [1.29, 1.82) is 0 Å². The highest BCUT2D eigenvalue weighted by atomic mass is 35.5. The lowest BCUT2D eigenvalue weighted by molar-refractivity contribution is 0.0953. The average Bonchev–Trinajstić information content (AvgIpc) is 2.73. The third kappa shape index (κ3) is 2.09. The Kier molecular flexibility index (Phi) is 2.98. The van der Waals surface area contributed by atoms with Crippen LogP contribution in [-0.2, 0) is 0 Å². The average molecular weight is 278 g/mol. The number of hydrogen-bond acceptors (Lipinski definition) is 1. The number of benzene rings is 1. The number of carbonyl (C=O) groups excluding carboxylic acids is 1. The van der Waals surface area contributed by atoms with Gasteiger partial charge in [0, 0.05) is 10.9 Å². The smallest absolute Gasteiger partial charge is 0.169 e. The zero-order valence-corrected chi connectivity index (χ0v) is 11.2. The van der Waals surface area contributed by atoms with Gasteiger partial charge < -0.3 is 0 Å². The van der Waals surface area contributed by atoms with E-state index in [0.717, 1.165) is 6.42 Å². The van der Waals surface area contributed by atoms with Crippen molar-refractivity contribution in [3.05, 3.63) is 32.8 Å². The second kappa shape index (κ2) is 3.90. The first-order valence-electron chi connectivity index (χ1n) is 5.01. The molecular formula is C12H11Cl3O. The van der Waals surface area contributed by atoms with Crippen LogP contribution in [0.1, 0.15) is 30.6 Å². The van der Waals surface area contributed by atoms with Gasteiger partial charge in [-0.05, 0) is 24.0 Å². The molecule has 1 aromatic rings. The number of Topliss-reactive ketones (excluding diaryl/α,β-unsaturated/α-hetero) is 1. The molecule has 1 aromatic carbocycles. The van der Waals surface area contributed by atoms with Crippen LogP contribution in [0.25, 0.3) is 0 Å². The van der Waals surface area contributed by atoms with Gasteiger partial charge in [0.05, 0.1) is 15.6 Å². The Bertz CT molecular complexity index is 442. The van der Waals surface area contributed by atoms with Crippen LogP contribution in [0.2, 0.25) is 15.1 Å². The molecule has 0 heterocycles. The summed E-state index contributed by atoms with van der Waals surface area (Å²) in [5.41, 5.74) is 0.479. The summed E-state index contributed by atoms with van der Waals surface area (Å²) in [6, 6.07) is 3.11. The molecule has 4 heteroatoms. The van der Waals surface area contributed by atoms with Crippen molar-refractivity contribution in [2.45, 2.75) is 20.3 Å². The summed E-state index contributed by atoms with van der Waals surface area (Å²) >= 11 is 17.8. The summed E-state index contributed by atoms with van der Waals surface area (Å²) in [7, 11) is 0. The number of carbonyl (C=O) groups is 1. The third-order valence-corrected chi connectivity index (χ3v) is 3.90. The zero-order valence-electron chi connectivity index (χ0n) is 8.98. The van der Waals surface area contributed by atoms with E-state index < -0.39 is 0 Å². The number of hydrogen-bond donors (Lipinski definition) is 0. The summed E-state index contributed by atoms with van der Waals surface area (Å²) in [5, 5.41) is 1.12. The van der Waals surface area contributed by atoms with E-state index in [4.69, 9.17) is 34.8 Å². The molecule has 0 amide bonds. The molecule has 0 aliphatic heterocycles. The minimum atomic E-state index is 0.0247. The van der Waals surface area contributed by atoms with Crippen LogP contribution in [0.3, 0.4) is 0 Å². The molecule has 0 aromatic heterocycles. The summed E-state index contributed by atoms with van der Waals surface area (Å²) < 4.78 is 0. The van der Waals surface area contributed by atoms with Crippen molar-refractivity contribution < 1.29 is 4.79 Å². The molecule has 1 aliphatic carbocycles. The Hall–Kier alpha value is -0.240. The second-order valence-electron chi connectivity index (χ2n) is 4.85. The van der Waals surface area contributed by atoms with E-state index in [1.807, 2.05) is 0 Å². The van der Waals surface area contributed by atoms with Crippen molar-refractivity contribution >= 4 is 40.6 Å². The third-order valence-electron chi connectivity index (χ3n) is 3.08. The molecule has 0 bridgehead atoms. The van der Waals surface area contributed by atoms with Crippen LogP contribution in [0, 0.1) is 11.3 Å². The first kappa shape index (κ1) is 12.2. The van der Waals surface area contributed by atoms with Gasteiger partial charge in [0.25, 0.3) is 0 Å². The molecular weight excluding hydrogens is 266 g/mol. The molecule has 2 rings (SSSR count). The van der Waals surface area contributed by atoms with Crippen molar-refractivity contribution in [3.8, 4) is 0 Å². The molecule has 0 N–H and O–H groups in total. The maximum atomic E-state index is 12.2. The van der Waals surface area contributed by atoms with Gasteiger partial charge >= 0.3 is 0 Å². The highest BCUT2D eigenvalue weighted by Gasteiger charge is 2.51. The Balaban J connectivity index is 2.38. The van der Waals surface area contributed by atoms with Gasteiger partial charge in [-0.15, -0.1) is 0 Å². The molecule has 1 aliphatic rings. The molecule has 1 unspecified atom stereocenters. The zero-order chi connectivity index (χ0) is 12.1. The Morgan fingerprint density at radius 2 is 1.69 bits per heavy atom. The van der Waals surface area contributed by atoms with Gasteiger partial charge in [-0.25, -0.2) is 0 Å². The van der Waals surface area contributed by atoms with E-state index in [9.17, 15) is 4.79 Å². The number of ketones is 1. The highest BCUT2D eigenvalue weighted by molar-refractivity contribution is 6.42. The SMILES string of the molecule is CC1(C)CC1C(=O)c1c(Cl)cc(Cl)cc1Cl. The summed E-state index contributed by atoms with van der Waals surface area (Å²) in [6.45, 7) is 4.13. The lowest BCUT2D eigenvalue weighted by Crippen LogP contribution is -2.08. The fraction of sp³-hybridized carbons (Fsp3) is 0.417. The number of halogens is 3. The quantitative estimate of drug-likeness (QED) is 0.704. The van der Waals surface area contributed by atoms with Crippen molar-refractivity contribution in [2.75, 3.05) is 0 Å². The van der Waals surface area contributed by atoms with Crippen molar-refractivity contribution in [3.63, 3.8) is 0 Å². The predicted octanol–water partition coefficient (Wildman–Crippen LogP) is 4.88. The Labute approximate surface area is 110 Å². The van der Waals surface area contributed by atoms with Crippen LogP contribution in [0.5, 0.6) is 0 Å². The van der Waals surface area contributed by atoms with Crippen LogP contribution in [-0.4, -0.2) is 5.78 Å². The molecule has 1 fully saturated rings. The first-order chi connectivity index (χ1) is 7.33. The summed E-state index contributed by atoms with van der Waals surface area (Å²) in [6.07, 6.45) is 0.890. The van der Waals surface area contributed by atoms with Crippen molar-refractivity contribution in [1.82, 2.24) is 0 Å². The summed E-state index contributed by atoms with van der Waals surface area (Å²) in [5.74, 6) is 0.0559. The predicted molar refractivity (Wildman–Crippen MR) is 67.7 cm³/mol. The largest absolute Gasteiger partial charge is 0.294 e.